The highest BCUT2D eigenvalue weighted by molar-refractivity contribution is 5.81. The van der Waals surface area contributed by atoms with E-state index in [2.05, 4.69) is 5.32 Å². The van der Waals surface area contributed by atoms with Crippen molar-refractivity contribution in [1.29, 1.82) is 0 Å². The molecule has 0 saturated carbocycles. The van der Waals surface area contributed by atoms with E-state index in [0.29, 0.717) is 5.75 Å². The Balaban J connectivity index is 1.97. The number of furan rings is 1. The Hall–Kier alpha value is -2.30. The van der Waals surface area contributed by atoms with Crippen molar-refractivity contribution in [1.82, 2.24) is 5.32 Å². The first-order chi connectivity index (χ1) is 10.4. The van der Waals surface area contributed by atoms with E-state index in [-0.39, 0.29) is 11.9 Å². The fraction of sp³-hybridized carbons (Fsp3) is 0.353. The van der Waals surface area contributed by atoms with E-state index < -0.39 is 11.9 Å². The fourth-order valence-corrected chi connectivity index (χ4v) is 2.29. The zero-order chi connectivity index (χ0) is 16.3. The van der Waals surface area contributed by atoms with Gasteiger partial charge in [0.15, 0.2) is 6.10 Å². The van der Waals surface area contributed by atoms with E-state index in [1.165, 1.54) is 18.2 Å². The average Bonchev–Trinajstić information content (AvgIpc) is 2.77. The Morgan fingerprint density at radius 1 is 1.27 bits per heavy atom. The topological polar surface area (TPSA) is 51.5 Å². The van der Waals surface area contributed by atoms with Crippen LogP contribution in [0.2, 0.25) is 0 Å². The van der Waals surface area contributed by atoms with Gasteiger partial charge in [0.25, 0.3) is 5.91 Å². The number of carbonyl (C=O) groups excluding carboxylic acids is 1. The van der Waals surface area contributed by atoms with Gasteiger partial charge in [-0.15, -0.1) is 0 Å². The van der Waals surface area contributed by atoms with Crippen LogP contribution in [-0.2, 0) is 4.79 Å². The van der Waals surface area contributed by atoms with Crippen LogP contribution in [-0.4, -0.2) is 12.0 Å². The molecule has 22 heavy (non-hydrogen) atoms. The van der Waals surface area contributed by atoms with Crippen molar-refractivity contribution < 1.29 is 18.3 Å². The van der Waals surface area contributed by atoms with Gasteiger partial charge in [-0.25, -0.2) is 4.39 Å². The molecule has 0 aliphatic carbocycles. The lowest BCUT2D eigenvalue weighted by Crippen LogP contribution is -2.37. The van der Waals surface area contributed by atoms with Crippen molar-refractivity contribution in [2.45, 2.75) is 39.8 Å². The number of nitrogens with one attached hydrogen (secondary N) is 1. The van der Waals surface area contributed by atoms with Gasteiger partial charge >= 0.3 is 0 Å². The maximum Gasteiger partial charge on any atom is 0.261 e. The van der Waals surface area contributed by atoms with Crippen LogP contribution in [0.3, 0.4) is 0 Å². The Kier molecular flexibility index (Phi) is 4.85. The van der Waals surface area contributed by atoms with Crippen LogP contribution in [0, 0.1) is 19.7 Å². The molecule has 0 radical (unpaired) electrons. The van der Waals surface area contributed by atoms with E-state index in [1.807, 2.05) is 26.8 Å². The van der Waals surface area contributed by atoms with Crippen LogP contribution in [0.1, 0.15) is 37.0 Å². The van der Waals surface area contributed by atoms with E-state index >= 15 is 0 Å². The lowest BCUT2D eigenvalue weighted by Gasteiger charge is -2.18. The van der Waals surface area contributed by atoms with Crippen molar-refractivity contribution in [2.75, 3.05) is 0 Å². The molecule has 2 atom stereocenters. The molecule has 2 unspecified atom stereocenters. The van der Waals surface area contributed by atoms with Crippen LogP contribution in [0.15, 0.2) is 34.7 Å². The Bertz CT molecular complexity index is 666. The minimum Gasteiger partial charge on any atom is -0.481 e. The minimum absolute atomic E-state index is 0.191. The second kappa shape index (κ2) is 6.64. The Morgan fingerprint density at radius 3 is 2.59 bits per heavy atom. The Labute approximate surface area is 129 Å². The molecule has 4 nitrogen and oxygen atoms in total. The zero-order valence-corrected chi connectivity index (χ0v) is 13.1. The molecule has 0 aliphatic heterocycles. The second-order valence-corrected chi connectivity index (χ2v) is 5.32. The van der Waals surface area contributed by atoms with Gasteiger partial charge in [-0.3, -0.25) is 4.79 Å². The van der Waals surface area contributed by atoms with Crippen LogP contribution in [0.4, 0.5) is 4.39 Å². The zero-order valence-electron chi connectivity index (χ0n) is 13.1. The first-order valence-corrected chi connectivity index (χ1v) is 7.16. The highest BCUT2D eigenvalue weighted by Gasteiger charge is 2.20. The molecule has 1 aromatic heterocycles. The van der Waals surface area contributed by atoms with Crippen molar-refractivity contribution in [3.63, 3.8) is 0 Å². The predicted molar refractivity (Wildman–Crippen MR) is 81.2 cm³/mol. The van der Waals surface area contributed by atoms with Gasteiger partial charge in [-0.1, -0.05) is 6.07 Å². The van der Waals surface area contributed by atoms with E-state index in [4.69, 9.17) is 9.15 Å². The van der Waals surface area contributed by atoms with Gasteiger partial charge in [-0.2, -0.15) is 0 Å². The van der Waals surface area contributed by atoms with Gasteiger partial charge in [-0.05, 0) is 45.9 Å². The molecule has 1 N–H and O–H groups in total. The number of amides is 1. The number of hydrogen-bond donors (Lipinski definition) is 1. The van der Waals surface area contributed by atoms with Gasteiger partial charge in [0, 0.05) is 11.6 Å². The summed E-state index contributed by atoms with van der Waals surface area (Å²) in [5.74, 6) is 1.24. The third-order valence-corrected chi connectivity index (χ3v) is 3.38. The maximum absolute atomic E-state index is 13.1. The summed E-state index contributed by atoms with van der Waals surface area (Å²) < 4.78 is 24.0. The molecule has 118 valence electrons. The summed E-state index contributed by atoms with van der Waals surface area (Å²) in [5.41, 5.74) is 0.934. The standard InChI is InChI=1S/C17H20FNO3/c1-10-8-16(12(3)21-10)11(2)19-17(20)13(4)22-15-7-5-6-14(18)9-15/h5-9,11,13H,1-4H3,(H,19,20). The molecule has 5 heteroatoms. The van der Waals surface area contributed by atoms with Crippen LogP contribution < -0.4 is 10.1 Å². The summed E-state index contributed by atoms with van der Waals surface area (Å²) in [7, 11) is 0. The average molecular weight is 305 g/mol. The number of rotatable bonds is 5. The smallest absolute Gasteiger partial charge is 0.261 e. The van der Waals surface area contributed by atoms with Gasteiger partial charge in [0.05, 0.1) is 6.04 Å². The van der Waals surface area contributed by atoms with Crippen molar-refractivity contribution in [2.24, 2.45) is 0 Å². The number of hydrogen-bond acceptors (Lipinski definition) is 3. The van der Waals surface area contributed by atoms with Crippen molar-refractivity contribution in [3.8, 4) is 5.75 Å². The largest absolute Gasteiger partial charge is 0.481 e. The third kappa shape index (κ3) is 3.87. The monoisotopic (exact) mass is 305 g/mol. The molecule has 0 fully saturated rings. The SMILES string of the molecule is Cc1cc(C(C)NC(=O)C(C)Oc2cccc(F)c2)c(C)o1. The molecule has 2 aromatic rings. The molecule has 0 aliphatic rings. The molecule has 0 spiro atoms. The van der Waals surface area contributed by atoms with E-state index in [1.54, 1.807) is 13.0 Å². The van der Waals surface area contributed by atoms with E-state index in [0.717, 1.165) is 17.1 Å². The molecule has 1 heterocycles. The number of carbonyl (C=O) groups is 1. The summed E-state index contributed by atoms with van der Waals surface area (Å²) in [6, 6.07) is 7.43. The highest BCUT2D eigenvalue weighted by Crippen LogP contribution is 2.21. The molecule has 1 aromatic carbocycles. The first-order valence-electron chi connectivity index (χ1n) is 7.16. The quantitative estimate of drug-likeness (QED) is 0.916. The molecule has 0 bridgehead atoms. The van der Waals surface area contributed by atoms with E-state index in [9.17, 15) is 9.18 Å². The minimum atomic E-state index is -0.724. The summed E-state index contributed by atoms with van der Waals surface area (Å²) in [6.45, 7) is 7.23. The maximum atomic E-state index is 13.1. The molecule has 2 rings (SSSR count). The summed E-state index contributed by atoms with van der Waals surface area (Å²) in [5, 5.41) is 2.87. The first kappa shape index (κ1) is 16.1. The summed E-state index contributed by atoms with van der Waals surface area (Å²) in [4.78, 5) is 12.2. The number of aryl methyl sites for hydroxylation is 2. The van der Waals surface area contributed by atoms with Crippen molar-refractivity contribution in [3.05, 3.63) is 53.2 Å². The van der Waals surface area contributed by atoms with Gasteiger partial charge < -0.3 is 14.5 Å². The lowest BCUT2D eigenvalue weighted by molar-refractivity contribution is -0.127. The molecule has 0 saturated heterocycles. The number of ether oxygens (including phenoxy) is 1. The molecule has 1 amide bonds. The van der Waals surface area contributed by atoms with Gasteiger partial charge in [0.2, 0.25) is 0 Å². The van der Waals surface area contributed by atoms with Gasteiger partial charge in [0.1, 0.15) is 23.1 Å². The number of halogens is 1. The summed E-state index contributed by atoms with van der Waals surface area (Å²) >= 11 is 0. The highest BCUT2D eigenvalue weighted by atomic mass is 19.1. The molecular formula is C17H20FNO3. The lowest BCUT2D eigenvalue weighted by atomic mass is 10.1. The second-order valence-electron chi connectivity index (χ2n) is 5.32. The van der Waals surface area contributed by atoms with Crippen LogP contribution >= 0.6 is 0 Å². The van der Waals surface area contributed by atoms with Crippen LogP contribution in [0.5, 0.6) is 5.75 Å². The molecular weight excluding hydrogens is 285 g/mol. The van der Waals surface area contributed by atoms with Crippen molar-refractivity contribution >= 4 is 5.91 Å². The summed E-state index contributed by atoms with van der Waals surface area (Å²) in [6.07, 6.45) is -0.724. The number of benzene rings is 1. The van der Waals surface area contributed by atoms with Crippen LogP contribution in [0.25, 0.3) is 0 Å². The third-order valence-electron chi connectivity index (χ3n) is 3.38. The fourth-order valence-electron chi connectivity index (χ4n) is 2.29. The predicted octanol–water partition coefficient (Wildman–Crippen LogP) is 3.68. The Morgan fingerprint density at radius 2 is 2.00 bits per heavy atom. The normalized spacial score (nSPS) is 13.5.